The molecule has 0 amide bonds. The molecule has 0 radical (unpaired) electrons. The summed E-state index contributed by atoms with van der Waals surface area (Å²) in [5, 5.41) is 6.27. The van der Waals surface area contributed by atoms with Crippen molar-refractivity contribution in [2.24, 2.45) is 0 Å². The third-order valence-corrected chi connectivity index (χ3v) is 6.19. The summed E-state index contributed by atoms with van der Waals surface area (Å²) in [5.41, 5.74) is 2.80. The molecule has 0 saturated carbocycles. The van der Waals surface area contributed by atoms with E-state index in [1.165, 1.54) is 35.3 Å². The molecule has 1 aliphatic heterocycles. The molecule has 3 aromatic heterocycles. The molecular weight excluding hydrogens is 450 g/mol. The topological polar surface area (TPSA) is 83.8 Å². The maximum Gasteiger partial charge on any atom is 0.231 e. The van der Waals surface area contributed by atoms with Crippen LogP contribution in [0.1, 0.15) is 31.5 Å². The van der Waals surface area contributed by atoms with Crippen LogP contribution in [0.5, 0.6) is 0 Å². The Morgan fingerprint density at radius 2 is 1.80 bits per heavy atom. The van der Waals surface area contributed by atoms with Gasteiger partial charge in [-0.2, -0.15) is 9.97 Å². The number of benzene rings is 1. The number of aromatic nitrogens is 5. The Morgan fingerprint density at radius 1 is 1.03 bits per heavy atom. The monoisotopic (exact) mass is 476 g/mol. The first-order valence-corrected chi connectivity index (χ1v) is 11.3. The minimum atomic E-state index is -0.506. The largest absolute Gasteiger partial charge is 0.373 e. The molecule has 0 unspecified atom stereocenters. The van der Waals surface area contributed by atoms with Crippen LogP contribution in [-0.2, 0) is 5.41 Å². The van der Waals surface area contributed by atoms with Crippen LogP contribution in [0.3, 0.4) is 0 Å². The third-order valence-electron chi connectivity index (χ3n) is 6.19. The van der Waals surface area contributed by atoms with Gasteiger partial charge in [-0.3, -0.25) is 4.57 Å². The van der Waals surface area contributed by atoms with E-state index in [0.29, 0.717) is 29.8 Å². The van der Waals surface area contributed by atoms with E-state index < -0.39 is 5.82 Å². The lowest BCUT2D eigenvalue weighted by molar-refractivity contribution is 0.463. The Hall–Kier alpha value is -4.08. The minimum Gasteiger partial charge on any atom is -0.373 e. The first-order valence-electron chi connectivity index (χ1n) is 11.3. The lowest BCUT2D eigenvalue weighted by Gasteiger charge is -2.40. The number of nitrogens with zero attached hydrogens (tertiary/aromatic N) is 6. The fourth-order valence-electron chi connectivity index (χ4n) is 4.35. The average molecular weight is 477 g/mol. The van der Waals surface area contributed by atoms with E-state index in [1.54, 1.807) is 18.3 Å². The molecule has 1 aliphatic rings. The molecule has 10 heteroatoms. The van der Waals surface area contributed by atoms with Gasteiger partial charge in [0.2, 0.25) is 5.95 Å². The summed E-state index contributed by atoms with van der Waals surface area (Å²) in [6.07, 6.45) is 5.62. The van der Waals surface area contributed by atoms with Crippen LogP contribution in [0.15, 0.2) is 49.1 Å². The van der Waals surface area contributed by atoms with Gasteiger partial charge in [0.25, 0.3) is 0 Å². The molecule has 0 atom stereocenters. The van der Waals surface area contributed by atoms with Crippen LogP contribution in [0, 0.1) is 18.6 Å². The second-order valence-electron chi connectivity index (χ2n) is 9.18. The molecule has 0 aliphatic carbocycles. The number of rotatable bonds is 5. The van der Waals surface area contributed by atoms with Gasteiger partial charge >= 0.3 is 0 Å². The molecule has 0 fully saturated rings. The van der Waals surface area contributed by atoms with Gasteiger partial charge in [0.05, 0.1) is 17.6 Å². The van der Waals surface area contributed by atoms with Gasteiger partial charge in [-0.1, -0.05) is 13.8 Å². The van der Waals surface area contributed by atoms with Crippen LogP contribution in [-0.4, -0.2) is 38.1 Å². The van der Waals surface area contributed by atoms with Crippen LogP contribution in [0.25, 0.3) is 5.82 Å². The molecule has 0 spiro atoms. The van der Waals surface area contributed by atoms with Crippen molar-refractivity contribution in [2.75, 3.05) is 29.1 Å². The summed E-state index contributed by atoms with van der Waals surface area (Å²) >= 11 is 0. The zero-order chi connectivity index (χ0) is 24.7. The zero-order valence-corrected chi connectivity index (χ0v) is 20.0. The Balaban J connectivity index is 1.54. The number of anilines is 5. The number of nitrogens with one attached hydrogen (secondary N) is 2. The lowest BCUT2D eigenvalue weighted by Crippen LogP contribution is -2.36. The molecule has 0 saturated heterocycles. The SMILES string of the molecule is CNc1nc(Nc2cnc(-n3cnc(C)c3)c(F)c2)nc2c1C(C)(C)CCN2c1ccc(F)cc1. The normalized spacial score (nSPS) is 14.5. The molecule has 0 bridgehead atoms. The fraction of sp³-hybridized carbons (Fsp3) is 0.280. The van der Waals surface area contributed by atoms with E-state index in [4.69, 9.17) is 4.98 Å². The first-order chi connectivity index (χ1) is 16.7. The van der Waals surface area contributed by atoms with Crippen molar-refractivity contribution in [2.45, 2.75) is 32.6 Å². The number of pyridine rings is 1. The van der Waals surface area contributed by atoms with E-state index >= 15 is 0 Å². The number of imidazole rings is 1. The number of halogens is 2. The van der Waals surface area contributed by atoms with E-state index in [9.17, 15) is 8.78 Å². The van der Waals surface area contributed by atoms with E-state index in [0.717, 1.165) is 23.4 Å². The molecule has 180 valence electrons. The van der Waals surface area contributed by atoms with E-state index in [1.807, 2.05) is 14.0 Å². The molecule has 4 aromatic rings. The lowest BCUT2D eigenvalue weighted by atomic mass is 9.79. The highest BCUT2D eigenvalue weighted by molar-refractivity contribution is 5.73. The predicted octanol–water partition coefficient (Wildman–Crippen LogP) is 5.25. The Labute approximate surface area is 202 Å². The predicted molar refractivity (Wildman–Crippen MR) is 132 cm³/mol. The van der Waals surface area contributed by atoms with E-state index in [2.05, 4.69) is 44.3 Å². The Bertz CT molecular complexity index is 1380. The summed E-state index contributed by atoms with van der Waals surface area (Å²) < 4.78 is 29.9. The highest BCUT2D eigenvalue weighted by atomic mass is 19.1. The molecule has 1 aromatic carbocycles. The van der Waals surface area contributed by atoms with Crippen molar-refractivity contribution in [3.63, 3.8) is 0 Å². The van der Waals surface area contributed by atoms with Crippen molar-refractivity contribution >= 4 is 29.0 Å². The maximum absolute atomic E-state index is 14.8. The number of fused-ring (bicyclic) bond motifs is 1. The van der Waals surface area contributed by atoms with Crippen LogP contribution < -0.4 is 15.5 Å². The van der Waals surface area contributed by atoms with Gasteiger partial charge in [-0.05, 0) is 43.0 Å². The summed E-state index contributed by atoms with van der Waals surface area (Å²) in [4.78, 5) is 19.9. The van der Waals surface area contributed by atoms with Gasteiger partial charge in [-0.25, -0.2) is 18.7 Å². The van der Waals surface area contributed by atoms with Crippen molar-refractivity contribution in [3.05, 3.63) is 71.9 Å². The van der Waals surface area contributed by atoms with Crippen molar-refractivity contribution in [1.82, 2.24) is 24.5 Å². The molecule has 35 heavy (non-hydrogen) atoms. The molecule has 5 rings (SSSR count). The number of hydrogen-bond donors (Lipinski definition) is 2. The summed E-state index contributed by atoms with van der Waals surface area (Å²) in [6, 6.07) is 7.70. The second kappa shape index (κ2) is 8.61. The number of aryl methyl sites for hydroxylation is 1. The standard InChI is InChI=1S/C25H26F2N8/c1-15-13-34(14-30-15)22-19(27)11-17(12-29-22)31-24-32-21(28-4)20-23(33-24)35(10-9-25(20,2)3)18-7-5-16(26)6-8-18/h5-8,11-14H,9-10H2,1-4H3,(H2,28,31,32,33). The summed E-state index contributed by atoms with van der Waals surface area (Å²) in [6.45, 7) is 6.84. The minimum absolute atomic E-state index is 0.155. The average Bonchev–Trinajstić information content (AvgIpc) is 3.25. The molecule has 4 heterocycles. The first kappa shape index (κ1) is 22.7. The van der Waals surface area contributed by atoms with Gasteiger partial charge in [0.1, 0.15) is 23.8 Å². The van der Waals surface area contributed by atoms with Crippen molar-refractivity contribution in [1.29, 1.82) is 0 Å². The highest BCUT2D eigenvalue weighted by Gasteiger charge is 2.36. The van der Waals surface area contributed by atoms with Gasteiger partial charge in [0, 0.05) is 37.1 Å². The zero-order valence-electron chi connectivity index (χ0n) is 20.0. The molecular formula is C25H26F2N8. The Kier molecular flexibility index (Phi) is 5.58. The van der Waals surface area contributed by atoms with E-state index in [-0.39, 0.29) is 17.1 Å². The summed E-state index contributed by atoms with van der Waals surface area (Å²) in [7, 11) is 1.81. The Morgan fingerprint density at radius 3 is 2.46 bits per heavy atom. The van der Waals surface area contributed by atoms with Gasteiger partial charge in [-0.15, -0.1) is 0 Å². The fourth-order valence-corrected chi connectivity index (χ4v) is 4.35. The van der Waals surface area contributed by atoms with Gasteiger partial charge in [0.15, 0.2) is 11.6 Å². The number of hydrogen-bond acceptors (Lipinski definition) is 7. The van der Waals surface area contributed by atoms with Crippen LogP contribution in [0.4, 0.5) is 37.7 Å². The van der Waals surface area contributed by atoms with Gasteiger partial charge < -0.3 is 15.5 Å². The molecule has 2 N–H and O–H groups in total. The van der Waals surface area contributed by atoms with Crippen molar-refractivity contribution < 1.29 is 8.78 Å². The van der Waals surface area contributed by atoms with Crippen LogP contribution in [0.2, 0.25) is 0 Å². The smallest absolute Gasteiger partial charge is 0.231 e. The van der Waals surface area contributed by atoms with Crippen LogP contribution >= 0.6 is 0 Å². The maximum atomic E-state index is 14.8. The quantitative estimate of drug-likeness (QED) is 0.407. The third kappa shape index (κ3) is 4.27. The van der Waals surface area contributed by atoms with Crippen molar-refractivity contribution in [3.8, 4) is 5.82 Å². The highest BCUT2D eigenvalue weighted by Crippen LogP contribution is 2.45. The summed E-state index contributed by atoms with van der Waals surface area (Å²) in [5.74, 6) is 1.04. The second-order valence-corrected chi connectivity index (χ2v) is 9.18. The molecule has 8 nitrogen and oxygen atoms in total.